The van der Waals surface area contributed by atoms with Crippen LogP contribution >= 0.6 is 23.2 Å². The summed E-state index contributed by atoms with van der Waals surface area (Å²) in [6.07, 6.45) is 2.65. The van der Waals surface area contributed by atoms with Crippen LogP contribution in [0.2, 0.25) is 10.0 Å². The van der Waals surface area contributed by atoms with Gasteiger partial charge in [-0.15, -0.1) is 0 Å². The first-order valence-electron chi connectivity index (χ1n) is 8.38. The van der Waals surface area contributed by atoms with Crippen LogP contribution in [0.15, 0.2) is 67.0 Å². The second kappa shape index (κ2) is 7.70. The van der Waals surface area contributed by atoms with Crippen molar-refractivity contribution in [2.75, 3.05) is 5.32 Å². The highest BCUT2D eigenvalue weighted by molar-refractivity contribution is 6.34. The van der Waals surface area contributed by atoms with E-state index in [2.05, 4.69) is 15.3 Å². The molecule has 0 fully saturated rings. The molecule has 7 heteroatoms. The number of nitrogens with one attached hydrogen (secondary N) is 1. The maximum Gasteiger partial charge on any atom is 0.168 e. The van der Waals surface area contributed by atoms with E-state index in [1.807, 2.05) is 30.3 Å². The van der Waals surface area contributed by atoms with Crippen LogP contribution in [0.25, 0.3) is 10.9 Å². The number of fused-ring (bicyclic) bond motifs is 1. The molecule has 0 saturated carbocycles. The second-order valence-corrected chi connectivity index (χ2v) is 7.09. The molecule has 0 aliphatic heterocycles. The molecular weight excluding hydrogens is 403 g/mol. The molecule has 0 aliphatic rings. The quantitative estimate of drug-likeness (QED) is 0.418. The number of halogens is 4. The molecule has 28 heavy (non-hydrogen) atoms. The predicted octanol–water partition coefficient (Wildman–Crippen LogP) is 6.42. The summed E-state index contributed by atoms with van der Waals surface area (Å²) < 4.78 is 27.5. The third-order valence-corrected chi connectivity index (χ3v) is 4.71. The Morgan fingerprint density at radius 3 is 2.39 bits per heavy atom. The molecule has 0 saturated heterocycles. The zero-order valence-electron chi connectivity index (χ0n) is 14.3. The van der Waals surface area contributed by atoms with Gasteiger partial charge in [0.25, 0.3) is 0 Å². The van der Waals surface area contributed by atoms with Crippen molar-refractivity contribution in [2.24, 2.45) is 0 Å². The second-order valence-electron chi connectivity index (χ2n) is 6.22. The van der Waals surface area contributed by atoms with Crippen molar-refractivity contribution in [3.05, 3.63) is 99.8 Å². The molecular formula is C21H13Cl2F2N3. The summed E-state index contributed by atoms with van der Waals surface area (Å²) in [6, 6.07) is 14.8. The summed E-state index contributed by atoms with van der Waals surface area (Å²) in [7, 11) is 0. The van der Waals surface area contributed by atoms with Crippen LogP contribution < -0.4 is 5.32 Å². The fourth-order valence-corrected chi connectivity index (χ4v) is 3.56. The molecule has 0 bridgehead atoms. The van der Waals surface area contributed by atoms with Crippen LogP contribution in [0.5, 0.6) is 0 Å². The number of nitrogens with zero attached hydrogens (tertiary/aromatic N) is 2. The average Bonchev–Trinajstić information content (AvgIpc) is 2.66. The van der Waals surface area contributed by atoms with Crippen molar-refractivity contribution in [3.63, 3.8) is 0 Å². The monoisotopic (exact) mass is 415 g/mol. The Morgan fingerprint density at radius 2 is 1.64 bits per heavy atom. The number of rotatable bonds is 4. The zero-order valence-corrected chi connectivity index (χ0v) is 15.8. The van der Waals surface area contributed by atoms with E-state index >= 15 is 0 Å². The van der Waals surface area contributed by atoms with Gasteiger partial charge >= 0.3 is 0 Å². The lowest BCUT2D eigenvalue weighted by molar-refractivity contribution is 0.574. The highest BCUT2D eigenvalue weighted by Crippen LogP contribution is 2.32. The lowest BCUT2D eigenvalue weighted by atomic mass is 9.97. The minimum Gasteiger partial charge on any atom is -0.357 e. The van der Waals surface area contributed by atoms with Gasteiger partial charge in [-0.2, -0.15) is 0 Å². The van der Waals surface area contributed by atoms with E-state index in [-0.39, 0.29) is 5.82 Å². The first-order valence-corrected chi connectivity index (χ1v) is 9.13. The lowest BCUT2D eigenvalue weighted by Gasteiger charge is -2.21. The van der Waals surface area contributed by atoms with Gasteiger partial charge in [0.15, 0.2) is 11.6 Å². The van der Waals surface area contributed by atoms with Crippen LogP contribution in [0.1, 0.15) is 17.2 Å². The van der Waals surface area contributed by atoms with E-state index in [4.69, 9.17) is 23.2 Å². The molecule has 4 aromatic rings. The lowest BCUT2D eigenvalue weighted by Crippen LogP contribution is -2.15. The van der Waals surface area contributed by atoms with Gasteiger partial charge in [0, 0.05) is 27.7 Å². The maximum absolute atomic E-state index is 14.2. The molecule has 1 unspecified atom stereocenters. The average molecular weight is 416 g/mol. The molecule has 140 valence electrons. The highest BCUT2D eigenvalue weighted by Gasteiger charge is 2.19. The Labute approximate surface area is 170 Å². The van der Waals surface area contributed by atoms with Crippen LogP contribution in [-0.2, 0) is 0 Å². The van der Waals surface area contributed by atoms with Crippen molar-refractivity contribution < 1.29 is 8.78 Å². The smallest absolute Gasteiger partial charge is 0.168 e. The molecule has 1 N–H and O–H groups in total. The van der Waals surface area contributed by atoms with Gasteiger partial charge in [-0.3, -0.25) is 4.98 Å². The summed E-state index contributed by atoms with van der Waals surface area (Å²) in [6.45, 7) is 0. The van der Waals surface area contributed by atoms with Gasteiger partial charge in [-0.1, -0.05) is 41.4 Å². The first-order chi connectivity index (χ1) is 13.5. The predicted molar refractivity (Wildman–Crippen MR) is 108 cm³/mol. The number of hydrogen-bond donors (Lipinski definition) is 1. The molecule has 4 rings (SSSR count). The number of pyridine rings is 2. The Bertz CT molecular complexity index is 1150. The SMILES string of the molecule is Fc1cnc(NC(c2cc(Cl)cc(Cl)c2)c2ccc3cccnc3c2)c(F)c1. The van der Waals surface area contributed by atoms with Gasteiger partial charge in [-0.05, 0) is 41.5 Å². The normalized spacial score (nSPS) is 12.1. The van der Waals surface area contributed by atoms with Gasteiger partial charge in [0.1, 0.15) is 5.82 Å². The van der Waals surface area contributed by atoms with Gasteiger partial charge < -0.3 is 5.32 Å². The number of hydrogen-bond acceptors (Lipinski definition) is 3. The fourth-order valence-electron chi connectivity index (χ4n) is 3.02. The van der Waals surface area contributed by atoms with Crippen LogP contribution in [-0.4, -0.2) is 9.97 Å². The standard InChI is InChI=1S/C21H13Cl2F2N3/c22-15-6-14(7-16(23)9-15)20(28-21-18(25)10-17(24)11-27-21)13-4-3-12-2-1-5-26-19(12)8-13/h1-11,20H,(H,27,28). The number of benzene rings is 2. The van der Waals surface area contributed by atoms with E-state index in [1.165, 1.54) is 0 Å². The molecule has 0 amide bonds. The van der Waals surface area contributed by atoms with Crippen LogP contribution in [0.3, 0.4) is 0 Å². The van der Waals surface area contributed by atoms with Crippen molar-refractivity contribution >= 4 is 39.9 Å². The summed E-state index contributed by atoms with van der Waals surface area (Å²) in [5, 5.41) is 4.89. The van der Waals surface area contributed by atoms with Crippen molar-refractivity contribution in [2.45, 2.75) is 6.04 Å². The van der Waals surface area contributed by atoms with Crippen molar-refractivity contribution in [1.29, 1.82) is 0 Å². The van der Waals surface area contributed by atoms with E-state index in [0.717, 1.165) is 28.7 Å². The summed E-state index contributed by atoms with van der Waals surface area (Å²) >= 11 is 12.3. The van der Waals surface area contributed by atoms with Crippen LogP contribution in [0.4, 0.5) is 14.6 Å². The first kappa shape index (κ1) is 18.6. The molecule has 0 aliphatic carbocycles. The highest BCUT2D eigenvalue weighted by atomic mass is 35.5. The molecule has 2 aromatic heterocycles. The Balaban J connectivity index is 1.84. The van der Waals surface area contributed by atoms with E-state index in [0.29, 0.717) is 15.6 Å². The number of anilines is 1. The molecule has 2 heterocycles. The van der Waals surface area contributed by atoms with E-state index < -0.39 is 17.7 Å². The third-order valence-electron chi connectivity index (χ3n) is 4.27. The molecule has 0 radical (unpaired) electrons. The molecule has 2 aromatic carbocycles. The Hall–Kier alpha value is -2.76. The minimum absolute atomic E-state index is 0.0800. The summed E-state index contributed by atoms with van der Waals surface area (Å²) in [5.74, 6) is -1.62. The largest absolute Gasteiger partial charge is 0.357 e. The molecule has 1 atom stereocenters. The summed E-state index contributed by atoms with van der Waals surface area (Å²) in [5.41, 5.74) is 2.29. The molecule has 3 nitrogen and oxygen atoms in total. The Morgan fingerprint density at radius 1 is 0.857 bits per heavy atom. The van der Waals surface area contributed by atoms with Gasteiger partial charge in [0.05, 0.1) is 17.8 Å². The van der Waals surface area contributed by atoms with E-state index in [1.54, 1.807) is 24.4 Å². The zero-order chi connectivity index (χ0) is 19.7. The third kappa shape index (κ3) is 3.91. The fraction of sp³-hybridized carbons (Fsp3) is 0.0476. The van der Waals surface area contributed by atoms with Crippen molar-refractivity contribution in [1.82, 2.24) is 9.97 Å². The van der Waals surface area contributed by atoms with Crippen LogP contribution in [0, 0.1) is 11.6 Å². The van der Waals surface area contributed by atoms with Crippen molar-refractivity contribution in [3.8, 4) is 0 Å². The maximum atomic E-state index is 14.2. The van der Waals surface area contributed by atoms with E-state index in [9.17, 15) is 8.78 Å². The number of aromatic nitrogens is 2. The van der Waals surface area contributed by atoms with Gasteiger partial charge in [-0.25, -0.2) is 13.8 Å². The topological polar surface area (TPSA) is 37.8 Å². The van der Waals surface area contributed by atoms with Gasteiger partial charge in [0.2, 0.25) is 0 Å². The summed E-state index contributed by atoms with van der Waals surface area (Å²) in [4.78, 5) is 8.20. The Kier molecular flexibility index (Phi) is 5.11. The molecule has 0 spiro atoms. The minimum atomic E-state index is -0.794.